The Morgan fingerprint density at radius 2 is 1.90 bits per heavy atom. The molecule has 20 heavy (non-hydrogen) atoms. The maximum absolute atomic E-state index is 11.9. The summed E-state index contributed by atoms with van der Waals surface area (Å²) in [6.45, 7) is 6.79. The van der Waals surface area contributed by atoms with Gasteiger partial charge in [-0.2, -0.15) is 0 Å². The highest BCUT2D eigenvalue weighted by molar-refractivity contribution is 5.82. The van der Waals surface area contributed by atoms with Gasteiger partial charge < -0.3 is 15.2 Å². The van der Waals surface area contributed by atoms with Gasteiger partial charge in [-0.3, -0.25) is 9.59 Å². The summed E-state index contributed by atoms with van der Waals surface area (Å²) in [7, 11) is 0. The molecule has 0 aromatic heterocycles. The maximum atomic E-state index is 11.9. The summed E-state index contributed by atoms with van der Waals surface area (Å²) in [5.41, 5.74) is 1.04. The molecule has 0 saturated heterocycles. The minimum absolute atomic E-state index is 0.327. The van der Waals surface area contributed by atoms with E-state index in [0.29, 0.717) is 5.75 Å². The molecule has 1 amide bonds. The number of hydrogen-bond acceptors (Lipinski definition) is 3. The molecular weight excluding hydrogens is 258 g/mol. The second-order valence-corrected chi connectivity index (χ2v) is 5.00. The minimum atomic E-state index is -0.940. The van der Waals surface area contributed by atoms with E-state index in [0.717, 1.165) is 5.56 Å². The third-order valence-electron chi connectivity index (χ3n) is 3.18. The molecule has 0 aliphatic heterocycles. The lowest BCUT2D eigenvalue weighted by Gasteiger charge is -2.21. The maximum Gasteiger partial charge on any atom is 0.308 e. The fraction of sp³-hybridized carbons (Fsp3) is 0.467. The lowest BCUT2D eigenvalue weighted by Crippen LogP contribution is -2.45. The van der Waals surface area contributed by atoms with Crippen LogP contribution in [-0.4, -0.2) is 29.1 Å². The molecule has 3 atom stereocenters. The van der Waals surface area contributed by atoms with Gasteiger partial charge in [0.25, 0.3) is 5.91 Å². The minimum Gasteiger partial charge on any atom is -0.481 e. The van der Waals surface area contributed by atoms with E-state index in [1.807, 2.05) is 25.1 Å². The Morgan fingerprint density at radius 1 is 1.25 bits per heavy atom. The number of carbonyl (C=O) groups is 2. The number of carbonyl (C=O) groups excluding carboxylic acids is 1. The predicted octanol–water partition coefficient (Wildman–Crippen LogP) is 1.99. The van der Waals surface area contributed by atoms with Crippen LogP contribution in [0.2, 0.25) is 0 Å². The summed E-state index contributed by atoms with van der Waals surface area (Å²) >= 11 is 0. The van der Waals surface area contributed by atoms with E-state index in [-0.39, 0.29) is 5.91 Å². The molecule has 5 nitrogen and oxygen atoms in total. The molecule has 1 rings (SSSR count). The second-order valence-electron chi connectivity index (χ2n) is 5.00. The van der Waals surface area contributed by atoms with Crippen molar-refractivity contribution in [2.45, 2.75) is 39.8 Å². The van der Waals surface area contributed by atoms with Crippen molar-refractivity contribution >= 4 is 11.9 Å². The largest absolute Gasteiger partial charge is 0.481 e. The van der Waals surface area contributed by atoms with Crippen LogP contribution in [-0.2, 0) is 9.59 Å². The average molecular weight is 279 g/mol. The summed E-state index contributed by atoms with van der Waals surface area (Å²) in [5, 5.41) is 11.5. The van der Waals surface area contributed by atoms with Gasteiger partial charge in [-0.25, -0.2) is 0 Å². The number of aryl methyl sites for hydroxylation is 1. The normalized spacial score (nSPS) is 15.0. The summed E-state index contributed by atoms with van der Waals surface area (Å²) in [6, 6.07) is 6.95. The van der Waals surface area contributed by atoms with Crippen molar-refractivity contribution in [3.8, 4) is 5.75 Å². The van der Waals surface area contributed by atoms with E-state index in [1.165, 1.54) is 0 Å². The fourth-order valence-corrected chi connectivity index (χ4v) is 1.63. The summed E-state index contributed by atoms with van der Waals surface area (Å²) < 4.78 is 5.54. The molecule has 0 bridgehead atoms. The standard InChI is InChI=1S/C15H21NO4/c1-9-6-5-7-13(8-9)20-12(4)14(17)16-11(3)10(2)15(18)19/h5-8,10-12H,1-4H3,(H,16,17)(H,18,19). The smallest absolute Gasteiger partial charge is 0.308 e. The van der Waals surface area contributed by atoms with E-state index >= 15 is 0 Å². The number of aliphatic carboxylic acids is 1. The Labute approximate surface area is 118 Å². The molecule has 0 aliphatic carbocycles. The number of nitrogens with one attached hydrogen (secondary N) is 1. The van der Waals surface area contributed by atoms with Gasteiger partial charge in [-0.05, 0) is 45.4 Å². The molecule has 5 heteroatoms. The first-order valence-electron chi connectivity index (χ1n) is 6.57. The summed E-state index contributed by atoms with van der Waals surface area (Å²) in [6.07, 6.45) is -0.680. The van der Waals surface area contributed by atoms with Crippen LogP contribution in [0.1, 0.15) is 26.3 Å². The zero-order chi connectivity index (χ0) is 15.3. The second kappa shape index (κ2) is 6.93. The van der Waals surface area contributed by atoms with Crippen LogP contribution in [0.25, 0.3) is 0 Å². The molecule has 0 saturated carbocycles. The van der Waals surface area contributed by atoms with Crippen molar-refractivity contribution in [2.75, 3.05) is 0 Å². The van der Waals surface area contributed by atoms with Gasteiger partial charge in [0.1, 0.15) is 5.75 Å². The van der Waals surface area contributed by atoms with Gasteiger partial charge in [-0.1, -0.05) is 12.1 Å². The van der Waals surface area contributed by atoms with Crippen LogP contribution in [0.15, 0.2) is 24.3 Å². The highest BCUT2D eigenvalue weighted by Gasteiger charge is 2.23. The van der Waals surface area contributed by atoms with E-state index in [9.17, 15) is 9.59 Å². The lowest BCUT2D eigenvalue weighted by atomic mass is 10.0. The van der Waals surface area contributed by atoms with E-state index in [4.69, 9.17) is 9.84 Å². The first-order valence-corrected chi connectivity index (χ1v) is 6.57. The molecule has 1 aromatic carbocycles. The topological polar surface area (TPSA) is 75.6 Å². The van der Waals surface area contributed by atoms with Gasteiger partial charge >= 0.3 is 5.97 Å². The highest BCUT2D eigenvalue weighted by atomic mass is 16.5. The van der Waals surface area contributed by atoms with Crippen LogP contribution in [0.5, 0.6) is 5.75 Å². The summed E-state index contributed by atoms with van der Waals surface area (Å²) in [4.78, 5) is 22.8. The van der Waals surface area contributed by atoms with Crippen LogP contribution in [0.3, 0.4) is 0 Å². The zero-order valence-corrected chi connectivity index (χ0v) is 12.2. The van der Waals surface area contributed by atoms with Gasteiger partial charge in [0.05, 0.1) is 5.92 Å². The van der Waals surface area contributed by atoms with Crippen molar-refractivity contribution in [1.29, 1.82) is 0 Å². The van der Waals surface area contributed by atoms with Crippen LogP contribution in [0, 0.1) is 12.8 Å². The lowest BCUT2D eigenvalue weighted by molar-refractivity contribution is -0.142. The van der Waals surface area contributed by atoms with E-state index < -0.39 is 24.0 Å². The van der Waals surface area contributed by atoms with Gasteiger partial charge in [0, 0.05) is 6.04 Å². The van der Waals surface area contributed by atoms with E-state index in [1.54, 1.807) is 26.8 Å². The Balaban J connectivity index is 2.57. The van der Waals surface area contributed by atoms with Crippen molar-refractivity contribution in [3.63, 3.8) is 0 Å². The van der Waals surface area contributed by atoms with Crippen molar-refractivity contribution in [1.82, 2.24) is 5.32 Å². The Morgan fingerprint density at radius 3 is 2.45 bits per heavy atom. The van der Waals surface area contributed by atoms with Gasteiger partial charge in [-0.15, -0.1) is 0 Å². The Kier molecular flexibility index (Phi) is 5.55. The van der Waals surface area contributed by atoms with Crippen molar-refractivity contribution in [2.24, 2.45) is 5.92 Å². The number of carboxylic acid groups (broad SMARTS) is 1. The van der Waals surface area contributed by atoms with Crippen molar-refractivity contribution < 1.29 is 19.4 Å². The number of ether oxygens (including phenoxy) is 1. The number of hydrogen-bond donors (Lipinski definition) is 2. The Bertz CT molecular complexity index is 487. The quantitative estimate of drug-likeness (QED) is 0.835. The first kappa shape index (κ1) is 16.0. The zero-order valence-electron chi connectivity index (χ0n) is 12.2. The first-order chi connectivity index (χ1) is 9.31. The number of carboxylic acids is 1. The average Bonchev–Trinajstić information content (AvgIpc) is 2.37. The summed E-state index contributed by atoms with van der Waals surface area (Å²) in [5.74, 6) is -1.30. The molecule has 1 aromatic rings. The molecule has 0 aliphatic rings. The van der Waals surface area contributed by atoms with Gasteiger partial charge in [0.15, 0.2) is 6.10 Å². The molecule has 0 heterocycles. The third kappa shape index (κ3) is 4.57. The van der Waals surface area contributed by atoms with Crippen LogP contribution in [0.4, 0.5) is 0 Å². The molecule has 0 radical (unpaired) electrons. The fourth-order valence-electron chi connectivity index (χ4n) is 1.63. The number of benzene rings is 1. The molecule has 0 fully saturated rings. The molecule has 110 valence electrons. The molecule has 0 spiro atoms. The molecular formula is C15H21NO4. The number of amides is 1. The molecule has 2 N–H and O–H groups in total. The Hall–Kier alpha value is -2.04. The van der Waals surface area contributed by atoms with E-state index in [2.05, 4.69) is 5.32 Å². The third-order valence-corrected chi connectivity index (χ3v) is 3.18. The predicted molar refractivity (Wildman–Crippen MR) is 75.7 cm³/mol. The SMILES string of the molecule is Cc1cccc(OC(C)C(=O)NC(C)C(C)C(=O)O)c1. The van der Waals surface area contributed by atoms with Crippen LogP contribution >= 0.6 is 0 Å². The van der Waals surface area contributed by atoms with Crippen LogP contribution < -0.4 is 10.1 Å². The van der Waals surface area contributed by atoms with Crippen molar-refractivity contribution in [3.05, 3.63) is 29.8 Å². The van der Waals surface area contributed by atoms with Gasteiger partial charge in [0.2, 0.25) is 0 Å². The molecule has 3 unspecified atom stereocenters. The monoisotopic (exact) mass is 279 g/mol. The number of rotatable bonds is 6. The highest BCUT2D eigenvalue weighted by Crippen LogP contribution is 2.14.